The maximum Gasteiger partial charge on any atom is 0.345 e. The van der Waals surface area contributed by atoms with E-state index >= 15 is 0 Å². The van der Waals surface area contributed by atoms with Gasteiger partial charge in [-0.15, -0.1) is 5.10 Å². The van der Waals surface area contributed by atoms with Crippen LogP contribution in [0.25, 0.3) is 5.69 Å². The van der Waals surface area contributed by atoms with Crippen molar-refractivity contribution in [1.29, 1.82) is 0 Å². The summed E-state index contributed by atoms with van der Waals surface area (Å²) in [5.41, 5.74) is 3.56. The van der Waals surface area contributed by atoms with Crippen LogP contribution >= 0.6 is 0 Å². The maximum atomic E-state index is 12.0. The Balaban J connectivity index is 1.74. The summed E-state index contributed by atoms with van der Waals surface area (Å²) >= 11 is 0. The normalized spacial score (nSPS) is 10.5. The fourth-order valence-corrected chi connectivity index (χ4v) is 2.60. The van der Waals surface area contributed by atoms with Crippen LogP contribution in [0.3, 0.4) is 0 Å². The number of para-hydroxylation sites is 1. The van der Waals surface area contributed by atoms with Crippen molar-refractivity contribution in [2.24, 2.45) is 0 Å². The van der Waals surface area contributed by atoms with E-state index in [1.165, 1.54) is 17.7 Å². The van der Waals surface area contributed by atoms with E-state index in [0.717, 1.165) is 11.3 Å². The topological polar surface area (TPSA) is 68.6 Å². The van der Waals surface area contributed by atoms with Gasteiger partial charge in [0.1, 0.15) is 6.61 Å². The zero-order valence-electron chi connectivity index (χ0n) is 15.5. The molecule has 1 N–H and O–H groups in total. The number of hydroxylamine groups is 1. The van der Waals surface area contributed by atoms with Crippen LogP contribution in [0.5, 0.6) is 5.88 Å². The second kappa shape index (κ2) is 8.37. The molecular weight excluding hydrogens is 344 g/mol. The lowest BCUT2D eigenvalue weighted by Crippen LogP contribution is -2.37. The number of carbonyl (C=O) groups excluding carboxylic acids is 1. The van der Waals surface area contributed by atoms with Crippen LogP contribution in [-0.2, 0) is 11.4 Å². The van der Waals surface area contributed by atoms with Gasteiger partial charge in [0.15, 0.2) is 0 Å². The molecule has 2 amide bonds. The van der Waals surface area contributed by atoms with Crippen molar-refractivity contribution < 1.29 is 14.4 Å². The number of ether oxygens (including phenoxy) is 1. The molecular formula is C20H22N4O3. The van der Waals surface area contributed by atoms with E-state index in [1.54, 1.807) is 23.9 Å². The first-order chi connectivity index (χ1) is 13.1. The van der Waals surface area contributed by atoms with E-state index < -0.39 is 0 Å². The van der Waals surface area contributed by atoms with Gasteiger partial charge in [-0.3, -0.25) is 4.84 Å². The highest BCUT2D eigenvalue weighted by Crippen LogP contribution is 2.22. The standard InChI is InChI=1S/C20H22N4O3/c1-15-8-10-17(11-9-15)23-13-12-19(22-23)27-14-16-6-4-5-7-18(16)24(26-3)20(25)21-2/h4-13H,14H2,1-3H3,(H,21,25). The summed E-state index contributed by atoms with van der Waals surface area (Å²) in [6.45, 7) is 2.29. The summed E-state index contributed by atoms with van der Waals surface area (Å²) in [5, 5.41) is 8.17. The van der Waals surface area contributed by atoms with Crippen LogP contribution in [-0.4, -0.2) is 30.0 Å². The molecule has 0 aliphatic rings. The van der Waals surface area contributed by atoms with Gasteiger partial charge in [0, 0.05) is 24.9 Å². The summed E-state index contributed by atoms with van der Waals surface area (Å²) in [5.74, 6) is 0.495. The smallest absolute Gasteiger partial charge is 0.345 e. The molecule has 0 bridgehead atoms. The Morgan fingerprint density at radius 3 is 2.59 bits per heavy atom. The first kappa shape index (κ1) is 18.5. The number of anilines is 1. The summed E-state index contributed by atoms with van der Waals surface area (Å²) in [6, 6.07) is 16.9. The number of amides is 2. The van der Waals surface area contributed by atoms with Crippen LogP contribution in [0, 0.1) is 6.92 Å². The number of benzene rings is 2. The molecule has 0 saturated heterocycles. The van der Waals surface area contributed by atoms with E-state index in [-0.39, 0.29) is 12.6 Å². The zero-order valence-corrected chi connectivity index (χ0v) is 15.5. The van der Waals surface area contributed by atoms with Crippen LogP contribution in [0.15, 0.2) is 60.8 Å². The molecule has 7 heteroatoms. The Labute approximate surface area is 158 Å². The molecule has 0 unspecified atom stereocenters. The fourth-order valence-electron chi connectivity index (χ4n) is 2.60. The van der Waals surface area contributed by atoms with Crippen LogP contribution in [0.2, 0.25) is 0 Å². The quantitative estimate of drug-likeness (QED) is 0.678. The molecule has 27 heavy (non-hydrogen) atoms. The second-order valence-corrected chi connectivity index (χ2v) is 5.88. The van der Waals surface area contributed by atoms with Crippen molar-refractivity contribution in [2.45, 2.75) is 13.5 Å². The SMILES string of the molecule is CNC(=O)N(OC)c1ccccc1COc1ccn(-c2ccc(C)cc2)n1. The van der Waals surface area contributed by atoms with Crippen molar-refractivity contribution in [2.75, 3.05) is 19.2 Å². The third kappa shape index (κ3) is 4.27. The summed E-state index contributed by atoms with van der Waals surface area (Å²) in [4.78, 5) is 17.2. The van der Waals surface area contributed by atoms with Gasteiger partial charge in [-0.25, -0.2) is 9.48 Å². The molecule has 2 aromatic carbocycles. The number of rotatable bonds is 6. The minimum absolute atomic E-state index is 0.248. The van der Waals surface area contributed by atoms with Crippen LogP contribution < -0.4 is 15.1 Å². The van der Waals surface area contributed by atoms with Gasteiger partial charge in [-0.05, 0) is 25.1 Å². The number of nitrogens with zero attached hydrogens (tertiary/aromatic N) is 3. The Morgan fingerprint density at radius 1 is 1.15 bits per heavy atom. The predicted molar refractivity (Wildman–Crippen MR) is 103 cm³/mol. The lowest BCUT2D eigenvalue weighted by Gasteiger charge is -2.21. The minimum atomic E-state index is -0.367. The van der Waals surface area contributed by atoms with E-state index in [1.807, 2.05) is 55.6 Å². The number of aryl methyl sites for hydroxylation is 1. The van der Waals surface area contributed by atoms with Gasteiger partial charge in [0.05, 0.1) is 18.5 Å². The van der Waals surface area contributed by atoms with Gasteiger partial charge in [0.2, 0.25) is 5.88 Å². The van der Waals surface area contributed by atoms with E-state index in [2.05, 4.69) is 10.4 Å². The van der Waals surface area contributed by atoms with Gasteiger partial charge in [0.25, 0.3) is 0 Å². The molecule has 0 radical (unpaired) electrons. The number of aromatic nitrogens is 2. The van der Waals surface area contributed by atoms with E-state index in [0.29, 0.717) is 11.6 Å². The average molecular weight is 366 g/mol. The molecule has 0 fully saturated rings. The molecule has 7 nitrogen and oxygen atoms in total. The lowest BCUT2D eigenvalue weighted by atomic mass is 10.2. The third-order valence-corrected chi connectivity index (χ3v) is 4.03. The Hall–Kier alpha value is -3.32. The lowest BCUT2D eigenvalue weighted by molar-refractivity contribution is 0.163. The van der Waals surface area contributed by atoms with Crippen molar-refractivity contribution in [3.8, 4) is 11.6 Å². The van der Waals surface area contributed by atoms with Crippen LogP contribution in [0.4, 0.5) is 10.5 Å². The Bertz CT molecular complexity index is 906. The largest absolute Gasteiger partial charge is 0.472 e. The Morgan fingerprint density at radius 2 is 1.89 bits per heavy atom. The fraction of sp³-hybridized carbons (Fsp3) is 0.200. The average Bonchev–Trinajstić information content (AvgIpc) is 3.17. The van der Waals surface area contributed by atoms with Gasteiger partial charge in [-0.1, -0.05) is 35.9 Å². The molecule has 0 spiro atoms. The first-order valence-corrected chi connectivity index (χ1v) is 8.51. The molecule has 1 heterocycles. The molecule has 3 aromatic rings. The predicted octanol–water partition coefficient (Wildman–Crippen LogP) is 3.47. The minimum Gasteiger partial charge on any atom is -0.472 e. The molecule has 0 saturated carbocycles. The summed E-state index contributed by atoms with van der Waals surface area (Å²) in [6.07, 6.45) is 1.85. The molecule has 0 atom stereocenters. The molecule has 0 aliphatic carbocycles. The first-order valence-electron chi connectivity index (χ1n) is 8.51. The molecule has 3 rings (SSSR count). The maximum absolute atomic E-state index is 12.0. The van der Waals surface area contributed by atoms with E-state index in [9.17, 15) is 4.79 Å². The van der Waals surface area contributed by atoms with Gasteiger partial charge in [-0.2, -0.15) is 5.06 Å². The summed E-state index contributed by atoms with van der Waals surface area (Å²) < 4.78 is 7.58. The van der Waals surface area contributed by atoms with Crippen molar-refractivity contribution in [1.82, 2.24) is 15.1 Å². The number of hydrogen-bond donors (Lipinski definition) is 1. The Kier molecular flexibility index (Phi) is 5.73. The number of urea groups is 1. The van der Waals surface area contributed by atoms with Crippen LogP contribution in [0.1, 0.15) is 11.1 Å². The van der Waals surface area contributed by atoms with Crippen molar-refractivity contribution in [3.63, 3.8) is 0 Å². The van der Waals surface area contributed by atoms with Crippen molar-refractivity contribution >= 4 is 11.7 Å². The monoisotopic (exact) mass is 366 g/mol. The van der Waals surface area contributed by atoms with E-state index in [4.69, 9.17) is 9.57 Å². The molecule has 1 aromatic heterocycles. The van der Waals surface area contributed by atoms with Gasteiger partial charge >= 0.3 is 6.03 Å². The molecule has 0 aliphatic heterocycles. The number of nitrogens with one attached hydrogen (secondary N) is 1. The third-order valence-electron chi connectivity index (χ3n) is 4.03. The van der Waals surface area contributed by atoms with Gasteiger partial charge < -0.3 is 10.1 Å². The summed E-state index contributed by atoms with van der Waals surface area (Å²) in [7, 11) is 2.99. The van der Waals surface area contributed by atoms with Crippen molar-refractivity contribution in [3.05, 3.63) is 71.9 Å². The highest BCUT2D eigenvalue weighted by atomic mass is 16.7. The second-order valence-electron chi connectivity index (χ2n) is 5.88. The highest BCUT2D eigenvalue weighted by Gasteiger charge is 2.17. The molecule has 140 valence electrons. The highest BCUT2D eigenvalue weighted by molar-refractivity contribution is 5.90. The number of hydrogen-bond acceptors (Lipinski definition) is 4. The number of carbonyl (C=O) groups is 1. The zero-order chi connectivity index (χ0) is 19.2.